The highest BCUT2D eigenvalue weighted by molar-refractivity contribution is 7.89. The molecule has 0 spiro atoms. The first kappa shape index (κ1) is 25.9. The zero-order valence-electron chi connectivity index (χ0n) is 20.2. The number of amides is 1. The zero-order chi connectivity index (χ0) is 24.9. The minimum absolute atomic E-state index is 0.0415. The number of rotatable bonds is 7. The molecule has 1 N–H and O–H groups in total. The molecular formula is C26H34N2O5S. The molecule has 0 radical (unpaired) electrons. The van der Waals surface area contributed by atoms with Crippen LogP contribution in [0.5, 0.6) is 5.75 Å². The minimum atomic E-state index is -3.88. The average molecular weight is 487 g/mol. The summed E-state index contributed by atoms with van der Waals surface area (Å²) in [5.41, 5.74) is 1.75. The van der Waals surface area contributed by atoms with Gasteiger partial charge in [0.1, 0.15) is 16.7 Å². The second-order valence-electron chi connectivity index (χ2n) is 8.88. The van der Waals surface area contributed by atoms with Crippen molar-refractivity contribution in [3.63, 3.8) is 0 Å². The van der Waals surface area contributed by atoms with Gasteiger partial charge in [0.15, 0.2) is 0 Å². The van der Waals surface area contributed by atoms with Gasteiger partial charge in [0.2, 0.25) is 15.9 Å². The lowest BCUT2D eigenvalue weighted by atomic mass is 10.0. The van der Waals surface area contributed by atoms with Gasteiger partial charge in [-0.15, -0.1) is 0 Å². The molecule has 34 heavy (non-hydrogen) atoms. The Balaban J connectivity index is 1.94. The summed E-state index contributed by atoms with van der Waals surface area (Å²) in [6.07, 6.45) is 3.59. The van der Waals surface area contributed by atoms with Crippen molar-refractivity contribution < 1.29 is 23.1 Å². The van der Waals surface area contributed by atoms with Crippen LogP contribution in [0.2, 0.25) is 0 Å². The molecule has 0 aromatic heterocycles. The van der Waals surface area contributed by atoms with Crippen LogP contribution in [0.15, 0.2) is 59.5 Å². The van der Waals surface area contributed by atoms with E-state index in [2.05, 4.69) is 0 Å². The van der Waals surface area contributed by atoms with E-state index in [0.29, 0.717) is 6.54 Å². The van der Waals surface area contributed by atoms with Crippen molar-refractivity contribution in [2.45, 2.75) is 44.2 Å². The van der Waals surface area contributed by atoms with E-state index < -0.39 is 22.2 Å². The predicted octanol–water partition coefficient (Wildman–Crippen LogP) is 3.19. The molecule has 184 valence electrons. The molecule has 8 heteroatoms. The Hall–Kier alpha value is -2.68. The number of aliphatic hydroxyl groups is 1. The fourth-order valence-corrected chi connectivity index (χ4v) is 5.86. The van der Waals surface area contributed by atoms with Crippen LogP contribution in [0.4, 0.5) is 0 Å². The Labute approximate surface area is 202 Å². The molecule has 1 heterocycles. The quantitative estimate of drug-likeness (QED) is 0.650. The number of hydrogen-bond donors (Lipinski definition) is 1. The third kappa shape index (κ3) is 5.87. The monoisotopic (exact) mass is 486 g/mol. The maximum absolute atomic E-state index is 13.5. The van der Waals surface area contributed by atoms with Gasteiger partial charge in [0.25, 0.3) is 0 Å². The van der Waals surface area contributed by atoms with Crippen molar-refractivity contribution in [1.29, 1.82) is 0 Å². The van der Waals surface area contributed by atoms with Gasteiger partial charge >= 0.3 is 0 Å². The van der Waals surface area contributed by atoms with E-state index in [9.17, 15) is 18.3 Å². The fraction of sp³-hybridized carbons (Fsp3) is 0.423. The molecule has 2 aromatic rings. The number of allylic oxidation sites excluding steroid dienone is 1. The summed E-state index contributed by atoms with van der Waals surface area (Å²) in [6, 6.07) is 14.0. The highest BCUT2D eigenvalue weighted by Gasteiger charge is 2.38. The third-order valence-corrected chi connectivity index (χ3v) is 8.15. The normalized spacial score (nSPS) is 21.2. The molecule has 1 aliphatic heterocycles. The van der Waals surface area contributed by atoms with Crippen molar-refractivity contribution in [1.82, 2.24) is 9.21 Å². The van der Waals surface area contributed by atoms with Gasteiger partial charge in [0.05, 0.1) is 19.6 Å². The number of aliphatic hydroxyl groups excluding tert-OH is 1. The summed E-state index contributed by atoms with van der Waals surface area (Å²) >= 11 is 0. The lowest BCUT2D eigenvalue weighted by Gasteiger charge is -2.37. The SMILES string of the molecule is C/C=C/c1ccc2c(c1)O[C@H](CN(C)C(=O)Cc1ccccc1)[C@H](C)CN([C@H](C)CO)S2(=O)=O. The maximum Gasteiger partial charge on any atom is 0.247 e. The molecule has 7 nitrogen and oxygen atoms in total. The smallest absolute Gasteiger partial charge is 0.247 e. The second-order valence-corrected chi connectivity index (χ2v) is 10.7. The number of carbonyl (C=O) groups excluding carboxylic acids is 1. The number of sulfonamides is 1. The van der Waals surface area contributed by atoms with Crippen LogP contribution in [0, 0.1) is 5.92 Å². The van der Waals surface area contributed by atoms with Crippen molar-refractivity contribution in [2.75, 3.05) is 26.7 Å². The van der Waals surface area contributed by atoms with Gasteiger partial charge in [-0.05, 0) is 37.1 Å². The summed E-state index contributed by atoms with van der Waals surface area (Å²) in [5.74, 6) is -0.0133. The van der Waals surface area contributed by atoms with Gasteiger partial charge in [-0.25, -0.2) is 8.42 Å². The van der Waals surface area contributed by atoms with Crippen LogP contribution in [-0.4, -0.2) is 67.5 Å². The first-order valence-electron chi connectivity index (χ1n) is 11.5. The van der Waals surface area contributed by atoms with E-state index in [0.717, 1.165) is 11.1 Å². The summed E-state index contributed by atoms with van der Waals surface area (Å²) in [4.78, 5) is 14.6. The number of benzene rings is 2. The highest BCUT2D eigenvalue weighted by Crippen LogP contribution is 2.34. The Morgan fingerprint density at radius 2 is 1.97 bits per heavy atom. The molecule has 0 bridgehead atoms. The standard InChI is InChI=1S/C26H34N2O5S/c1-5-9-21-12-13-25-23(14-21)33-24(19(2)16-28(20(3)18-29)34(25,31)32)17-27(4)26(30)15-22-10-7-6-8-11-22/h5-14,19-20,24,29H,15-18H2,1-4H3/b9-5+/t19-,20-,24-/m1/s1. The van der Waals surface area contributed by atoms with E-state index >= 15 is 0 Å². The van der Waals surface area contributed by atoms with Crippen molar-refractivity contribution in [3.05, 3.63) is 65.7 Å². The van der Waals surface area contributed by atoms with E-state index in [1.165, 1.54) is 4.31 Å². The lowest BCUT2D eigenvalue weighted by Crippen LogP contribution is -2.50. The fourth-order valence-electron chi connectivity index (χ4n) is 4.03. The topological polar surface area (TPSA) is 87.2 Å². The van der Waals surface area contributed by atoms with E-state index in [4.69, 9.17) is 4.74 Å². The number of hydrogen-bond acceptors (Lipinski definition) is 5. The summed E-state index contributed by atoms with van der Waals surface area (Å²) in [6.45, 7) is 5.67. The van der Waals surface area contributed by atoms with Gasteiger partial charge in [-0.2, -0.15) is 4.31 Å². The maximum atomic E-state index is 13.5. The molecule has 0 saturated carbocycles. The predicted molar refractivity (Wildman–Crippen MR) is 133 cm³/mol. The van der Waals surface area contributed by atoms with E-state index in [-0.39, 0.29) is 42.0 Å². The molecule has 1 amide bonds. The highest BCUT2D eigenvalue weighted by atomic mass is 32.2. The van der Waals surface area contributed by atoms with Gasteiger partial charge in [-0.1, -0.05) is 55.5 Å². The second kappa shape index (κ2) is 11.2. The lowest BCUT2D eigenvalue weighted by molar-refractivity contribution is -0.130. The number of nitrogens with zero attached hydrogens (tertiary/aromatic N) is 2. The van der Waals surface area contributed by atoms with Crippen molar-refractivity contribution in [3.8, 4) is 5.75 Å². The molecule has 0 unspecified atom stereocenters. The first-order chi connectivity index (χ1) is 16.2. The molecule has 3 atom stereocenters. The summed E-state index contributed by atoms with van der Waals surface area (Å²) in [5, 5.41) is 9.75. The largest absolute Gasteiger partial charge is 0.487 e. The molecule has 3 rings (SSSR count). The minimum Gasteiger partial charge on any atom is -0.487 e. The average Bonchev–Trinajstić information content (AvgIpc) is 2.81. The zero-order valence-corrected chi connectivity index (χ0v) is 21.0. The molecule has 1 aliphatic rings. The van der Waals surface area contributed by atoms with Crippen molar-refractivity contribution >= 4 is 22.0 Å². The molecule has 2 aromatic carbocycles. The number of likely N-dealkylation sites (N-methyl/N-ethyl adjacent to an activating group) is 1. The Morgan fingerprint density at radius 1 is 1.26 bits per heavy atom. The van der Waals surface area contributed by atoms with Crippen LogP contribution >= 0.6 is 0 Å². The van der Waals surface area contributed by atoms with Crippen LogP contribution in [-0.2, 0) is 21.2 Å². The van der Waals surface area contributed by atoms with Crippen LogP contribution in [0.1, 0.15) is 31.9 Å². The number of fused-ring (bicyclic) bond motifs is 1. The Morgan fingerprint density at radius 3 is 2.62 bits per heavy atom. The van der Waals surface area contributed by atoms with Crippen LogP contribution in [0.25, 0.3) is 6.08 Å². The molecular weight excluding hydrogens is 452 g/mol. The molecule has 0 saturated heterocycles. The number of carbonyl (C=O) groups is 1. The Kier molecular flexibility index (Phi) is 8.52. The van der Waals surface area contributed by atoms with E-state index in [1.807, 2.05) is 56.3 Å². The van der Waals surface area contributed by atoms with Gasteiger partial charge < -0.3 is 14.7 Å². The summed E-state index contributed by atoms with van der Waals surface area (Å²) in [7, 11) is -2.15. The first-order valence-corrected chi connectivity index (χ1v) is 12.9. The van der Waals surface area contributed by atoms with Crippen LogP contribution in [0.3, 0.4) is 0 Å². The van der Waals surface area contributed by atoms with E-state index in [1.54, 1.807) is 37.1 Å². The molecule has 0 aliphatic carbocycles. The Bertz CT molecular complexity index is 1120. The van der Waals surface area contributed by atoms with Gasteiger partial charge in [-0.3, -0.25) is 4.79 Å². The molecule has 0 fully saturated rings. The number of ether oxygens (including phenoxy) is 1. The van der Waals surface area contributed by atoms with Crippen LogP contribution < -0.4 is 4.74 Å². The summed E-state index contributed by atoms with van der Waals surface area (Å²) < 4.78 is 34.6. The van der Waals surface area contributed by atoms with Crippen molar-refractivity contribution in [2.24, 2.45) is 5.92 Å². The third-order valence-electron chi connectivity index (χ3n) is 6.13. The van der Waals surface area contributed by atoms with Gasteiger partial charge in [0, 0.05) is 25.6 Å².